The maximum absolute atomic E-state index is 12.7. The van der Waals surface area contributed by atoms with E-state index in [-0.39, 0.29) is 12.0 Å². The number of methoxy groups -OCH3 is 1. The second kappa shape index (κ2) is 8.87. The van der Waals surface area contributed by atoms with Crippen LogP contribution in [0, 0.1) is 12.8 Å². The van der Waals surface area contributed by atoms with E-state index in [9.17, 15) is 9.90 Å². The Balaban J connectivity index is 1.47. The molecule has 0 radical (unpaired) electrons. The van der Waals surface area contributed by atoms with Crippen LogP contribution in [0.3, 0.4) is 0 Å². The number of rotatable bonds is 6. The highest BCUT2D eigenvalue weighted by Crippen LogP contribution is 2.28. The molecule has 1 aliphatic heterocycles. The lowest BCUT2D eigenvalue weighted by molar-refractivity contribution is 0.0482. The number of ether oxygens (including phenoxy) is 1. The van der Waals surface area contributed by atoms with Gasteiger partial charge in [0.25, 0.3) is 5.91 Å². The van der Waals surface area contributed by atoms with Gasteiger partial charge in [-0.25, -0.2) is 0 Å². The van der Waals surface area contributed by atoms with E-state index in [4.69, 9.17) is 4.74 Å². The molecule has 1 amide bonds. The summed E-state index contributed by atoms with van der Waals surface area (Å²) in [5.74, 6) is 1.53. The molecular formula is C21H32N2O3. The summed E-state index contributed by atoms with van der Waals surface area (Å²) in [4.78, 5) is 16.9. The number of hydrogen-bond donors (Lipinski definition) is 1. The molecule has 5 nitrogen and oxygen atoms in total. The standard InChI is InChI=1S/C21H32N2O3/c1-16-7-8-18(14-20(16)26-2)21(25)23-11-9-22(10-12-23)15-19(24)13-17-5-3-4-6-17/h7-8,14,17,19,24H,3-6,9-13,15H2,1-2H3/t19-/m0/s1. The third kappa shape index (κ3) is 4.77. The molecule has 0 aromatic heterocycles. The van der Waals surface area contributed by atoms with Gasteiger partial charge in [0, 0.05) is 38.3 Å². The molecule has 5 heteroatoms. The number of hydrogen-bond acceptors (Lipinski definition) is 4. The van der Waals surface area contributed by atoms with Crippen LogP contribution >= 0.6 is 0 Å². The lowest BCUT2D eigenvalue weighted by Crippen LogP contribution is -2.50. The molecule has 0 unspecified atom stereocenters. The fourth-order valence-corrected chi connectivity index (χ4v) is 4.27. The van der Waals surface area contributed by atoms with Crippen molar-refractivity contribution in [1.29, 1.82) is 0 Å². The molecule has 1 N–H and O–H groups in total. The number of piperazine rings is 1. The van der Waals surface area contributed by atoms with Gasteiger partial charge in [0.15, 0.2) is 0 Å². The fourth-order valence-electron chi connectivity index (χ4n) is 4.27. The molecule has 1 atom stereocenters. The van der Waals surface area contributed by atoms with Crippen LogP contribution in [0.4, 0.5) is 0 Å². The number of carbonyl (C=O) groups is 1. The maximum atomic E-state index is 12.7. The lowest BCUT2D eigenvalue weighted by atomic mass is 9.99. The number of benzene rings is 1. The molecule has 144 valence electrons. The average molecular weight is 360 g/mol. The van der Waals surface area contributed by atoms with E-state index in [1.54, 1.807) is 7.11 Å². The van der Waals surface area contributed by atoms with Gasteiger partial charge in [0.2, 0.25) is 0 Å². The Morgan fingerprint density at radius 3 is 2.58 bits per heavy atom. The predicted molar refractivity (Wildman–Crippen MR) is 103 cm³/mol. The van der Waals surface area contributed by atoms with E-state index in [1.807, 2.05) is 30.0 Å². The van der Waals surface area contributed by atoms with Crippen molar-refractivity contribution < 1.29 is 14.6 Å². The van der Waals surface area contributed by atoms with E-state index in [0.29, 0.717) is 24.6 Å². The molecule has 0 bridgehead atoms. The molecule has 1 saturated carbocycles. The van der Waals surface area contributed by atoms with Crippen molar-refractivity contribution in [1.82, 2.24) is 9.80 Å². The largest absolute Gasteiger partial charge is 0.496 e. The van der Waals surface area contributed by atoms with Gasteiger partial charge in [-0.3, -0.25) is 9.69 Å². The first-order valence-electron chi connectivity index (χ1n) is 9.91. The number of β-amino-alcohol motifs (C(OH)–C–C–N with tert-alkyl or cyclic N) is 1. The normalized spacial score (nSPS) is 20.3. The smallest absolute Gasteiger partial charge is 0.254 e. The minimum Gasteiger partial charge on any atom is -0.496 e. The summed E-state index contributed by atoms with van der Waals surface area (Å²) in [6.07, 6.45) is 5.90. The summed E-state index contributed by atoms with van der Waals surface area (Å²) in [5.41, 5.74) is 1.72. The van der Waals surface area contributed by atoms with E-state index >= 15 is 0 Å². The highest BCUT2D eigenvalue weighted by atomic mass is 16.5. The van der Waals surface area contributed by atoms with Gasteiger partial charge in [-0.15, -0.1) is 0 Å². The van der Waals surface area contributed by atoms with Gasteiger partial charge in [-0.1, -0.05) is 31.7 Å². The van der Waals surface area contributed by atoms with Crippen molar-refractivity contribution in [2.24, 2.45) is 5.92 Å². The monoisotopic (exact) mass is 360 g/mol. The van der Waals surface area contributed by atoms with Crippen molar-refractivity contribution in [3.05, 3.63) is 29.3 Å². The lowest BCUT2D eigenvalue weighted by Gasteiger charge is -2.36. The molecule has 2 fully saturated rings. The number of nitrogens with zero attached hydrogens (tertiary/aromatic N) is 2. The Kier molecular flexibility index (Phi) is 6.54. The average Bonchev–Trinajstić information content (AvgIpc) is 3.15. The first-order chi connectivity index (χ1) is 12.6. The van der Waals surface area contributed by atoms with Gasteiger partial charge in [0.05, 0.1) is 13.2 Å². The van der Waals surface area contributed by atoms with E-state index in [1.165, 1.54) is 25.7 Å². The number of aryl methyl sites for hydroxylation is 1. The minimum absolute atomic E-state index is 0.0643. The zero-order valence-corrected chi connectivity index (χ0v) is 16.1. The minimum atomic E-state index is -0.235. The van der Waals surface area contributed by atoms with Crippen LogP contribution in [0.15, 0.2) is 18.2 Å². The molecule has 2 aliphatic rings. The summed E-state index contributed by atoms with van der Waals surface area (Å²) in [6, 6.07) is 5.63. The highest BCUT2D eigenvalue weighted by Gasteiger charge is 2.25. The summed E-state index contributed by atoms with van der Waals surface area (Å²) in [5, 5.41) is 10.4. The molecule has 1 aromatic carbocycles. The SMILES string of the molecule is COc1cc(C(=O)N2CCN(C[C@@H](O)CC3CCCC3)CC2)ccc1C. The topological polar surface area (TPSA) is 53.0 Å². The Bertz CT molecular complexity index is 605. The van der Waals surface area contributed by atoms with Crippen LogP contribution in [0.5, 0.6) is 5.75 Å². The Labute approximate surface area is 156 Å². The molecule has 1 aliphatic carbocycles. The van der Waals surface area contributed by atoms with Crippen LogP contribution in [-0.4, -0.2) is 66.8 Å². The Hall–Kier alpha value is -1.59. The summed E-state index contributed by atoms with van der Waals surface area (Å²) >= 11 is 0. The van der Waals surface area contributed by atoms with E-state index in [0.717, 1.165) is 37.4 Å². The quantitative estimate of drug-likeness (QED) is 0.847. The van der Waals surface area contributed by atoms with Crippen molar-refractivity contribution in [3.8, 4) is 5.75 Å². The van der Waals surface area contributed by atoms with Gasteiger partial charge in [0.1, 0.15) is 5.75 Å². The first kappa shape index (κ1) is 19.2. The molecule has 3 rings (SSSR count). The van der Waals surface area contributed by atoms with Crippen molar-refractivity contribution in [2.45, 2.75) is 45.1 Å². The molecule has 1 heterocycles. The second-order valence-corrected chi connectivity index (χ2v) is 7.82. The van der Waals surface area contributed by atoms with Crippen molar-refractivity contribution >= 4 is 5.91 Å². The van der Waals surface area contributed by atoms with Crippen LogP contribution < -0.4 is 4.74 Å². The summed E-state index contributed by atoms with van der Waals surface area (Å²) in [7, 11) is 1.63. The molecule has 1 saturated heterocycles. The van der Waals surface area contributed by atoms with Crippen LogP contribution in [-0.2, 0) is 0 Å². The zero-order chi connectivity index (χ0) is 18.5. The third-order valence-electron chi connectivity index (χ3n) is 5.86. The summed E-state index contributed by atoms with van der Waals surface area (Å²) in [6.45, 7) is 5.79. The zero-order valence-electron chi connectivity index (χ0n) is 16.1. The van der Waals surface area contributed by atoms with Crippen LogP contribution in [0.25, 0.3) is 0 Å². The second-order valence-electron chi connectivity index (χ2n) is 7.82. The Morgan fingerprint density at radius 1 is 1.23 bits per heavy atom. The number of amides is 1. The highest BCUT2D eigenvalue weighted by molar-refractivity contribution is 5.94. The van der Waals surface area contributed by atoms with Gasteiger partial charge >= 0.3 is 0 Å². The third-order valence-corrected chi connectivity index (χ3v) is 5.86. The maximum Gasteiger partial charge on any atom is 0.254 e. The van der Waals surface area contributed by atoms with Gasteiger partial charge in [-0.2, -0.15) is 0 Å². The molecule has 0 spiro atoms. The van der Waals surface area contributed by atoms with Crippen molar-refractivity contribution in [2.75, 3.05) is 39.8 Å². The van der Waals surface area contributed by atoms with Gasteiger partial charge < -0.3 is 14.7 Å². The van der Waals surface area contributed by atoms with Crippen molar-refractivity contribution in [3.63, 3.8) is 0 Å². The predicted octanol–water partition coefficient (Wildman–Crippen LogP) is 2.70. The molecule has 1 aromatic rings. The Morgan fingerprint density at radius 2 is 1.92 bits per heavy atom. The first-order valence-corrected chi connectivity index (χ1v) is 9.91. The number of aliphatic hydroxyl groups is 1. The fraction of sp³-hybridized carbons (Fsp3) is 0.667. The molecular weight excluding hydrogens is 328 g/mol. The van der Waals surface area contributed by atoms with Crippen LogP contribution in [0.1, 0.15) is 48.0 Å². The van der Waals surface area contributed by atoms with E-state index < -0.39 is 0 Å². The van der Waals surface area contributed by atoms with Crippen LogP contribution in [0.2, 0.25) is 0 Å². The molecule has 26 heavy (non-hydrogen) atoms. The number of aliphatic hydroxyl groups excluding tert-OH is 1. The van der Waals surface area contributed by atoms with E-state index in [2.05, 4.69) is 4.90 Å². The van der Waals surface area contributed by atoms with Gasteiger partial charge in [-0.05, 0) is 37.0 Å². The number of carbonyl (C=O) groups excluding carboxylic acids is 1. The summed E-state index contributed by atoms with van der Waals surface area (Å²) < 4.78 is 5.33.